The van der Waals surface area contributed by atoms with Crippen molar-refractivity contribution < 1.29 is 18.9 Å². The Hall–Kier alpha value is -0.310. The van der Waals surface area contributed by atoms with Crippen LogP contribution in [0.4, 0.5) is 0 Å². The van der Waals surface area contributed by atoms with Gasteiger partial charge in [0.15, 0.2) is 5.79 Å². The number of halogens is 1. The van der Waals surface area contributed by atoms with Crippen molar-refractivity contribution in [1.29, 1.82) is 0 Å². The summed E-state index contributed by atoms with van der Waals surface area (Å²) >= 11 is 5.76. The van der Waals surface area contributed by atoms with Crippen LogP contribution < -0.4 is 0 Å². The zero-order chi connectivity index (χ0) is 12.7. The fourth-order valence-electron chi connectivity index (χ4n) is 1.48. The lowest BCUT2D eigenvalue weighted by Crippen LogP contribution is -2.29. The average Bonchev–Trinajstić information content (AvgIpc) is 2.63. The van der Waals surface area contributed by atoms with Crippen LogP contribution in [0, 0.1) is 12.3 Å². The minimum Gasteiger partial charge on any atom is -0.372 e. The number of hydrogen-bond donors (Lipinski definition) is 0. The van der Waals surface area contributed by atoms with Gasteiger partial charge in [-0.15, -0.1) is 18.0 Å². The van der Waals surface area contributed by atoms with Crippen molar-refractivity contribution in [3.63, 3.8) is 0 Å². The molecule has 0 N–H and O–H groups in total. The van der Waals surface area contributed by atoms with Crippen molar-refractivity contribution in [2.24, 2.45) is 0 Å². The fourth-order valence-corrected chi connectivity index (χ4v) is 1.65. The minimum absolute atomic E-state index is 0.0525. The normalized spacial score (nSPS) is 24.5. The van der Waals surface area contributed by atoms with Crippen LogP contribution in [0.5, 0.6) is 0 Å². The van der Waals surface area contributed by atoms with Crippen LogP contribution in [0.15, 0.2) is 0 Å². The molecule has 5 heteroatoms. The average molecular weight is 263 g/mol. The maximum Gasteiger partial charge on any atom is 0.163 e. The summed E-state index contributed by atoms with van der Waals surface area (Å²) in [7, 11) is 0. The molecule has 98 valence electrons. The van der Waals surface area contributed by atoms with Crippen LogP contribution in [0.25, 0.3) is 0 Å². The van der Waals surface area contributed by atoms with Gasteiger partial charge in [-0.25, -0.2) is 0 Å². The molecule has 1 aliphatic heterocycles. The Morgan fingerprint density at radius 2 is 2.35 bits per heavy atom. The Morgan fingerprint density at radius 1 is 1.59 bits per heavy atom. The van der Waals surface area contributed by atoms with Crippen LogP contribution in [-0.2, 0) is 18.9 Å². The summed E-state index contributed by atoms with van der Waals surface area (Å²) in [5, 5.41) is 0. The fraction of sp³-hybridized carbons (Fsp3) is 0.833. The molecule has 0 saturated carbocycles. The lowest BCUT2D eigenvalue weighted by Gasteiger charge is -2.19. The van der Waals surface area contributed by atoms with Gasteiger partial charge in [-0.3, -0.25) is 0 Å². The predicted molar refractivity (Wildman–Crippen MR) is 65.0 cm³/mol. The van der Waals surface area contributed by atoms with Crippen LogP contribution in [-0.4, -0.2) is 50.3 Å². The second-order valence-electron chi connectivity index (χ2n) is 4.28. The third-order valence-corrected chi connectivity index (χ3v) is 2.59. The Bertz CT molecular complexity index is 262. The van der Waals surface area contributed by atoms with E-state index in [9.17, 15) is 0 Å². The molecule has 0 unspecified atom stereocenters. The molecule has 0 amide bonds. The molecule has 1 fully saturated rings. The van der Waals surface area contributed by atoms with E-state index >= 15 is 0 Å². The Balaban J connectivity index is 2.17. The molecule has 0 aromatic carbocycles. The molecule has 2 atom stereocenters. The number of hydrogen-bond acceptors (Lipinski definition) is 4. The molecule has 4 nitrogen and oxygen atoms in total. The van der Waals surface area contributed by atoms with E-state index in [1.807, 2.05) is 13.8 Å². The first-order valence-electron chi connectivity index (χ1n) is 5.58. The topological polar surface area (TPSA) is 36.9 Å². The molecule has 0 aromatic rings. The highest BCUT2D eigenvalue weighted by Crippen LogP contribution is 2.22. The zero-order valence-corrected chi connectivity index (χ0v) is 11.0. The van der Waals surface area contributed by atoms with Crippen molar-refractivity contribution in [3.8, 4) is 12.3 Å². The van der Waals surface area contributed by atoms with Gasteiger partial charge in [-0.1, -0.05) is 5.92 Å². The van der Waals surface area contributed by atoms with E-state index in [-0.39, 0.29) is 18.8 Å². The highest BCUT2D eigenvalue weighted by molar-refractivity contribution is 6.18. The monoisotopic (exact) mass is 262 g/mol. The summed E-state index contributed by atoms with van der Waals surface area (Å²) in [6, 6.07) is 0. The van der Waals surface area contributed by atoms with Gasteiger partial charge in [0.2, 0.25) is 0 Å². The van der Waals surface area contributed by atoms with Gasteiger partial charge in [0, 0.05) is 0 Å². The number of terminal acetylenes is 1. The molecule has 1 rings (SSSR count). The second-order valence-corrected chi connectivity index (χ2v) is 4.59. The lowest BCUT2D eigenvalue weighted by atomic mass is 10.4. The van der Waals surface area contributed by atoms with E-state index < -0.39 is 5.79 Å². The summed E-state index contributed by atoms with van der Waals surface area (Å²) in [6.07, 6.45) is 4.85. The summed E-state index contributed by atoms with van der Waals surface area (Å²) in [5.74, 6) is 2.23. The Labute approximate surface area is 108 Å². The third-order valence-electron chi connectivity index (χ3n) is 2.25. The van der Waals surface area contributed by atoms with Gasteiger partial charge >= 0.3 is 0 Å². The maximum absolute atomic E-state index is 5.76. The lowest BCUT2D eigenvalue weighted by molar-refractivity contribution is -0.148. The molecular weight excluding hydrogens is 244 g/mol. The van der Waals surface area contributed by atoms with E-state index in [0.717, 1.165) is 0 Å². The van der Waals surface area contributed by atoms with Gasteiger partial charge in [0.25, 0.3) is 0 Å². The van der Waals surface area contributed by atoms with Crippen molar-refractivity contribution >= 4 is 11.6 Å². The van der Waals surface area contributed by atoms with Gasteiger partial charge in [-0.2, -0.15) is 0 Å². The molecule has 1 aliphatic rings. The van der Waals surface area contributed by atoms with Crippen molar-refractivity contribution in [2.75, 3.05) is 32.3 Å². The van der Waals surface area contributed by atoms with Crippen LogP contribution in [0.3, 0.4) is 0 Å². The summed E-state index contributed by atoms with van der Waals surface area (Å²) in [5.41, 5.74) is 0. The number of rotatable bonds is 7. The van der Waals surface area contributed by atoms with E-state index in [0.29, 0.717) is 25.7 Å². The summed E-state index contributed by atoms with van der Waals surface area (Å²) in [6.45, 7) is 5.40. The molecule has 1 heterocycles. The predicted octanol–water partition coefficient (Wildman–Crippen LogP) is 1.41. The first-order valence-corrected chi connectivity index (χ1v) is 6.11. The smallest absolute Gasteiger partial charge is 0.163 e. The molecule has 0 aliphatic carbocycles. The Kier molecular flexibility index (Phi) is 6.24. The van der Waals surface area contributed by atoms with Gasteiger partial charge in [-0.05, 0) is 13.8 Å². The minimum atomic E-state index is -0.523. The Morgan fingerprint density at radius 3 is 2.88 bits per heavy atom. The van der Waals surface area contributed by atoms with E-state index in [4.69, 9.17) is 37.0 Å². The third kappa shape index (κ3) is 5.71. The van der Waals surface area contributed by atoms with Crippen molar-refractivity contribution in [3.05, 3.63) is 0 Å². The van der Waals surface area contributed by atoms with Crippen LogP contribution in [0.2, 0.25) is 0 Å². The first kappa shape index (κ1) is 14.7. The van der Waals surface area contributed by atoms with E-state index in [1.54, 1.807) is 0 Å². The number of alkyl halides is 1. The summed E-state index contributed by atoms with van der Waals surface area (Å²) in [4.78, 5) is 0. The van der Waals surface area contributed by atoms with Crippen LogP contribution >= 0.6 is 11.6 Å². The van der Waals surface area contributed by atoms with Crippen molar-refractivity contribution in [2.45, 2.75) is 31.8 Å². The SMILES string of the molecule is C#CCOC[C@@H](CCl)OC[C@@H]1COC(C)(C)O1. The van der Waals surface area contributed by atoms with Crippen LogP contribution in [0.1, 0.15) is 13.8 Å². The molecule has 17 heavy (non-hydrogen) atoms. The van der Waals surface area contributed by atoms with Gasteiger partial charge in [0.05, 0.1) is 31.8 Å². The molecule has 1 saturated heterocycles. The molecule has 0 bridgehead atoms. The standard InChI is InChI=1S/C12H19ClO4/c1-4-5-14-7-10(6-13)15-8-11-9-16-12(2,3)17-11/h1,10-11H,5-9H2,2-3H3/t10-,11-/m1/s1. The van der Waals surface area contributed by atoms with E-state index in [2.05, 4.69) is 5.92 Å². The number of ether oxygens (including phenoxy) is 4. The largest absolute Gasteiger partial charge is 0.372 e. The molecule has 0 spiro atoms. The van der Waals surface area contributed by atoms with Crippen molar-refractivity contribution in [1.82, 2.24) is 0 Å². The highest BCUT2D eigenvalue weighted by atomic mass is 35.5. The van der Waals surface area contributed by atoms with Gasteiger partial charge in [0.1, 0.15) is 12.7 Å². The van der Waals surface area contributed by atoms with Gasteiger partial charge < -0.3 is 18.9 Å². The highest BCUT2D eigenvalue weighted by Gasteiger charge is 2.33. The quantitative estimate of drug-likeness (QED) is 0.395. The molecule has 0 radical (unpaired) electrons. The maximum atomic E-state index is 5.76. The first-order chi connectivity index (χ1) is 8.07. The summed E-state index contributed by atoms with van der Waals surface area (Å²) < 4.78 is 21.8. The molecular formula is C12H19ClO4. The second kappa shape index (κ2) is 7.20. The zero-order valence-electron chi connectivity index (χ0n) is 10.3. The van der Waals surface area contributed by atoms with E-state index in [1.165, 1.54) is 0 Å². The molecule has 0 aromatic heterocycles.